The maximum absolute atomic E-state index is 5.62. The molecule has 0 bridgehead atoms. The van der Waals surface area contributed by atoms with Crippen LogP contribution in [0.2, 0.25) is 5.15 Å². The second kappa shape index (κ2) is 4.59. The molecular formula is C8H8ClN5S. The summed E-state index contributed by atoms with van der Waals surface area (Å²) in [6.45, 7) is 1.86. The molecule has 2 rings (SSSR count). The Hall–Kier alpha value is -1.14. The molecule has 0 amide bonds. The van der Waals surface area contributed by atoms with Gasteiger partial charge >= 0.3 is 0 Å². The van der Waals surface area contributed by atoms with Gasteiger partial charge in [-0.1, -0.05) is 23.4 Å². The normalized spacial score (nSPS) is 10.5. The molecule has 0 saturated heterocycles. The molecular weight excluding hydrogens is 234 g/mol. The molecule has 0 aliphatic carbocycles. The van der Waals surface area contributed by atoms with E-state index in [9.17, 15) is 0 Å². The Labute approximate surface area is 95.7 Å². The van der Waals surface area contributed by atoms with Crippen LogP contribution in [0.4, 0.5) is 0 Å². The van der Waals surface area contributed by atoms with Crippen molar-refractivity contribution in [3.05, 3.63) is 29.1 Å². The van der Waals surface area contributed by atoms with Crippen molar-refractivity contribution >= 4 is 23.4 Å². The summed E-state index contributed by atoms with van der Waals surface area (Å²) in [5.74, 6) is 1.49. The third kappa shape index (κ3) is 2.90. The van der Waals surface area contributed by atoms with E-state index in [4.69, 9.17) is 11.6 Å². The highest BCUT2D eigenvalue weighted by Crippen LogP contribution is 2.17. The average Bonchev–Trinajstić information content (AvgIpc) is 2.64. The minimum absolute atomic E-state index is 0.400. The molecule has 15 heavy (non-hydrogen) atoms. The van der Waals surface area contributed by atoms with Gasteiger partial charge in [-0.3, -0.25) is 10.1 Å². The molecule has 0 radical (unpaired) electrons. The van der Waals surface area contributed by atoms with Crippen LogP contribution in [-0.4, -0.2) is 25.1 Å². The van der Waals surface area contributed by atoms with Gasteiger partial charge in [-0.2, -0.15) is 0 Å². The molecule has 0 aromatic carbocycles. The number of nitrogens with zero attached hydrogens (tertiary/aromatic N) is 4. The second-order valence-electron chi connectivity index (χ2n) is 2.82. The lowest BCUT2D eigenvalue weighted by atomic mass is 10.5. The lowest BCUT2D eigenvalue weighted by Crippen LogP contribution is -1.88. The first-order chi connectivity index (χ1) is 7.24. The predicted molar refractivity (Wildman–Crippen MR) is 57.7 cm³/mol. The Bertz CT molecular complexity index is 441. The average molecular weight is 242 g/mol. The fourth-order valence-corrected chi connectivity index (χ4v) is 1.77. The Balaban J connectivity index is 1.96. The van der Waals surface area contributed by atoms with Gasteiger partial charge in [0.15, 0.2) is 0 Å². The van der Waals surface area contributed by atoms with E-state index in [2.05, 4.69) is 25.1 Å². The minimum atomic E-state index is 0.400. The lowest BCUT2D eigenvalue weighted by molar-refractivity contribution is 0.967. The molecule has 0 saturated carbocycles. The number of halogens is 1. The third-order valence-corrected chi connectivity index (χ3v) is 2.68. The van der Waals surface area contributed by atoms with Gasteiger partial charge in [0.2, 0.25) is 5.16 Å². The van der Waals surface area contributed by atoms with Crippen LogP contribution in [0.15, 0.2) is 17.6 Å². The van der Waals surface area contributed by atoms with Gasteiger partial charge in [0.1, 0.15) is 11.0 Å². The summed E-state index contributed by atoms with van der Waals surface area (Å²) in [4.78, 5) is 12.2. The van der Waals surface area contributed by atoms with Crippen molar-refractivity contribution in [2.24, 2.45) is 0 Å². The molecule has 2 aromatic heterocycles. The topological polar surface area (TPSA) is 67.3 Å². The van der Waals surface area contributed by atoms with Gasteiger partial charge < -0.3 is 0 Å². The SMILES string of the molecule is Cc1nc(SCc2cnc(Cl)cn2)n[nH]1. The van der Waals surface area contributed by atoms with Gasteiger partial charge in [0.25, 0.3) is 0 Å². The smallest absolute Gasteiger partial charge is 0.208 e. The first-order valence-corrected chi connectivity index (χ1v) is 5.58. The molecule has 0 unspecified atom stereocenters. The number of thioether (sulfide) groups is 1. The van der Waals surface area contributed by atoms with E-state index in [1.807, 2.05) is 6.92 Å². The molecule has 0 aliphatic heterocycles. The molecule has 0 atom stereocenters. The maximum atomic E-state index is 5.62. The lowest BCUT2D eigenvalue weighted by Gasteiger charge is -1.96. The van der Waals surface area contributed by atoms with Gasteiger partial charge in [-0.25, -0.2) is 9.97 Å². The van der Waals surface area contributed by atoms with Crippen molar-refractivity contribution < 1.29 is 0 Å². The van der Waals surface area contributed by atoms with Crippen LogP contribution in [-0.2, 0) is 5.75 Å². The van der Waals surface area contributed by atoms with E-state index >= 15 is 0 Å². The van der Waals surface area contributed by atoms with E-state index in [0.29, 0.717) is 16.1 Å². The number of rotatable bonds is 3. The van der Waals surface area contributed by atoms with Crippen molar-refractivity contribution in [3.63, 3.8) is 0 Å². The summed E-state index contributed by atoms with van der Waals surface area (Å²) in [6, 6.07) is 0. The van der Waals surface area contributed by atoms with Crippen molar-refractivity contribution in [2.75, 3.05) is 0 Å². The Kier molecular flexibility index (Phi) is 3.17. The highest BCUT2D eigenvalue weighted by atomic mass is 35.5. The Morgan fingerprint density at radius 1 is 1.40 bits per heavy atom. The summed E-state index contributed by atoms with van der Waals surface area (Å²) in [6.07, 6.45) is 3.18. The third-order valence-electron chi connectivity index (χ3n) is 1.60. The zero-order valence-corrected chi connectivity index (χ0v) is 9.51. The van der Waals surface area contributed by atoms with Crippen LogP contribution in [0.5, 0.6) is 0 Å². The van der Waals surface area contributed by atoms with E-state index in [0.717, 1.165) is 11.5 Å². The maximum Gasteiger partial charge on any atom is 0.208 e. The molecule has 2 aromatic rings. The quantitative estimate of drug-likeness (QED) is 0.831. The molecule has 0 spiro atoms. The van der Waals surface area contributed by atoms with E-state index < -0.39 is 0 Å². The molecule has 2 heterocycles. The molecule has 0 aliphatic rings. The van der Waals surface area contributed by atoms with E-state index in [1.54, 1.807) is 6.20 Å². The summed E-state index contributed by atoms with van der Waals surface area (Å²) in [5.41, 5.74) is 0.854. The molecule has 0 fully saturated rings. The van der Waals surface area contributed by atoms with Crippen LogP contribution in [0, 0.1) is 6.92 Å². The van der Waals surface area contributed by atoms with Gasteiger partial charge in [-0.15, -0.1) is 5.10 Å². The number of aromatic nitrogens is 5. The van der Waals surface area contributed by atoms with Crippen LogP contribution in [0.1, 0.15) is 11.5 Å². The molecule has 7 heteroatoms. The summed E-state index contributed by atoms with van der Waals surface area (Å²) in [7, 11) is 0. The van der Waals surface area contributed by atoms with Crippen LogP contribution >= 0.6 is 23.4 Å². The second-order valence-corrected chi connectivity index (χ2v) is 4.15. The number of hydrogen-bond donors (Lipinski definition) is 1. The molecule has 1 N–H and O–H groups in total. The number of H-pyrrole nitrogens is 1. The number of nitrogens with one attached hydrogen (secondary N) is 1. The Morgan fingerprint density at radius 2 is 2.27 bits per heavy atom. The van der Waals surface area contributed by atoms with Crippen LogP contribution in [0.25, 0.3) is 0 Å². The molecule has 5 nitrogen and oxygen atoms in total. The van der Waals surface area contributed by atoms with Crippen molar-refractivity contribution in [1.29, 1.82) is 0 Å². The number of hydrogen-bond acceptors (Lipinski definition) is 5. The first-order valence-electron chi connectivity index (χ1n) is 4.22. The Morgan fingerprint density at radius 3 is 2.87 bits per heavy atom. The van der Waals surface area contributed by atoms with Crippen molar-refractivity contribution in [3.8, 4) is 0 Å². The summed E-state index contributed by atoms with van der Waals surface area (Å²) < 4.78 is 0. The van der Waals surface area contributed by atoms with Gasteiger partial charge in [0, 0.05) is 5.75 Å². The molecule has 78 valence electrons. The van der Waals surface area contributed by atoms with E-state index in [1.165, 1.54) is 18.0 Å². The fraction of sp³-hybridized carbons (Fsp3) is 0.250. The van der Waals surface area contributed by atoms with Crippen LogP contribution < -0.4 is 0 Å². The summed E-state index contributed by atoms with van der Waals surface area (Å²) >= 11 is 7.12. The van der Waals surface area contributed by atoms with Crippen molar-refractivity contribution in [1.82, 2.24) is 25.1 Å². The highest BCUT2D eigenvalue weighted by Gasteiger charge is 2.02. The fourth-order valence-electron chi connectivity index (χ4n) is 0.939. The first kappa shape index (κ1) is 10.4. The van der Waals surface area contributed by atoms with Gasteiger partial charge in [0.05, 0.1) is 18.1 Å². The number of aromatic amines is 1. The minimum Gasteiger partial charge on any atom is -0.262 e. The van der Waals surface area contributed by atoms with Crippen LogP contribution in [0.3, 0.4) is 0 Å². The standard InChI is InChI=1S/C8H8ClN5S/c1-5-12-8(14-13-5)15-4-6-2-11-7(9)3-10-6/h2-3H,4H2,1H3,(H,12,13,14). The van der Waals surface area contributed by atoms with Crippen molar-refractivity contribution in [2.45, 2.75) is 17.8 Å². The largest absolute Gasteiger partial charge is 0.262 e. The number of aryl methyl sites for hydroxylation is 1. The highest BCUT2D eigenvalue weighted by molar-refractivity contribution is 7.98. The van der Waals surface area contributed by atoms with Gasteiger partial charge in [-0.05, 0) is 6.92 Å². The zero-order chi connectivity index (χ0) is 10.7. The zero-order valence-electron chi connectivity index (χ0n) is 7.94. The predicted octanol–water partition coefficient (Wildman–Crippen LogP) is 1.85. The van der Waals surface area contributed by atoms with E-state index in [-0.39, 0.29) is 0 Å². The summed E-state index contributed by atoms with van der Waals surface area (Å²) in [5, 5.41) is 7.89. The monoisotopic (exact) mass is 241 g/mol.